The lowest BCUT2D eigenvalue weighted by atomic mass is 9.90. The first kappa shape index (κ1) is 17.5. The molecule has 1 amide bonds. The summed E-state index contributed by atoms with van der Waals surface area (Å²) in [4.78, 5) is 32.8. The quantitative estimate of drug-likeness (QED) is 0.756. The molecular formula is C21H24N4O2. The van der Waals surface area contributed by atoms with Gasteiger partial charge >= 0.3 is 0 Å². The van der Waals surface area contributed by atoms with Crippen LogP contribution in [0.3, 0.4) is 0 Å². The van der Waals surface area contributed by atoms with Crippen molar-refractivity contribution in [2.24, 2.45) is 5.92 Å². The van der Waals surface area contributed by atoms with Crippen molar-refractivity contribution >= 4 is 16.9 Å². The number of carbonyl (C=O) groups excluding carboxylic acids is 1. The molecule has 0 atom stereocenters. The number of pyridine rings is 1. The molecule has 6 nitrogen and oxygen atoms in total. The molecule has 3 aromatic rings. The third-order valence-corrected chi connectivity index (χ3v) is 5.43. The molecular weight excluding hydrogens is 340 g/mol. The average Bonchev–Trinajstić information content (AvgIpc) is 3.12. The number of nitrogens with one attached hydrogen (secondary N) is 1. The fourth-order valence-electron chi connectivity index (χ4n) is 3.85. The number of amides is 1. The van der Waals surface area contributed by atoms with Crippen molar-refractivity contribution in [3.05, 3.63) is 64.8 Å². The van der Waals surface area contributed by atoms with Crippen LogP contribution in [0.4, 0.5) is 0 Å². The second-order valence-electron chi connectivity index (χ2n) is 7.27. The number of benzene rings is 1. The van der Waals surface area contributed by atoms with Gasteiger partial charge in [-0.05, 0) is 42.9 Å². The number of hydrogen-bond donors (Lipinski definition) is 1. The molecule has 1 saturated heterocycles. The lowest BCUT2D eigenvalue weighted by Gasteiger charge is -2.32. The molecule has 140 valence electrons. The van der Waals surface area contributed by atoms with Gasteiger partial charge in [0, 0.05) is 38.3 Å². The van der Waals surface area contributed by atoms with Crippen molar-refractivity contribution < 1.29 is 4.79 Å². The Morgan fingerprint density at radius 2 is 1.96 bits per heavy atom. The van der Waals surface area contributed by atoms with Crippen LogP contribution in [0.1, 0.15) is 24.8 Å². The molecule has 0 aliphatic carbocycles. The van der Waals surface area contributed by atoms with E-state index in [1.54, 1.807) is 12.3 Å². The molecule has 3 heterocycles. The first-order chi connectivity index (χ1) is 13.2. The molecule has 1 aromatic carbocycles. The number of para-hydroxylation sites is 2. The van der Waals surface area contributed by atoms with Gasteiger partial charge in [-0.3, -0.25) is 9.59 Å². The lowest BCUT2D eigenvalue weighted by molar-refractivity contribution is -0.132. The Morgan fingerprint density at radius 1 is 1.15 bits per heavy atom. The first-order valence-electron chi connectivity index (χ1n) is 9.54. The summed E-state index contributed by atoms with van der Waals surface area (Å²) in [6.07, 6.45) is 7.10. The van der Waals surface area contributed by atoms with E-state index in [9.17, 15) is 9.59 Å². The maximum absolute atomic E-state index is 12.6. The van der Waals surface area contributed by atoms with Crippen molar-refractivity contribution in [2.45, 2.75) is 32.2 Å². The number of aromatic amines is 1. The number of rotatable bonds is 5. The number of aryl methyl sites for hydroxylation is 1. The van der Waals surface area contributed by atoms with Crippen LogP contribution in [0.25, 0.3) is 11.0 Å². The van der Waals surface area contributed by atoms with Gasteiger partial charge in [-0.25, -0.2) is 4.98 Å². The van der Waals surface area contributed by atoms with Crippen molar-refractivity contribution in [2.75, 3.05) is 13.1 Å². The van der Waals surface area contributed by atoms with Crippen LogP contribution >= 0.6 is 0 Å². The summed E-state index contributed by atoms with van der Waals surface area (Å²) in [5, 5.41) is 0. The van der Waals surface area contributed by atoms with Crippen LogP contribution in [-0.2, 0) is 17.8 Å². The fourth-order valence-corrected chi connectivity index (χ4v) is 3.85. The Kier molecular flexibility index (Phi) is 5.05. The first-order valence-corrected chi connectivity index (χ1v) is 9.54. The van der Waals surface area contributed by atoms with Crippen LogP contribution < -0.4 is 5.56 Å². The molecule has 1 fully saturated rings. The predicted octanol–water partition coefficient (Wildman–Crippen LogP) is 2.60. The zero-order valence-corrected chi connectivity index (χ0v) is 15.3. The Hall–Kier alpha value is -2.89. The molecule has 1 aliphatic rings. The highest BCUT2D eigenvalue weighted by Gasteiger charge is 2.22. The Bertz CT molecular complexity index is 963. The third kappa shape index (κ3) is 4.10. The van der Waals surface area contributed by atoms with Gasteiger partial charge in [0.2, 0.25) is 11.5 Å². The van der Waals surface area contributed by atoms with Gasteiger partial charge in [-0.1, -0.05) is 18.2 Å². The van der Waals surface area contributed by atoms with E-state index in [0.717, 1.165) is 48.9 Å². The molecule has 0 bridgehead atoms. The van der Waals surface area contributed by atoms with Gasteiger partial charge in [-0.15, -0.1) is 0 Å². The molecule has 0 saturated carbocycles. The van der Waals surface area contributed by atoms with Gasteiger partial charge in [-0.2, -0.15) is 0 Å². The summed E-state index contributed by atoms with van der Waals surface area (Å²) >= 11 is 0. The van der Waals surface area contributed by atoms with Gasteiger partial charge in [0.25, 0.3) is 0 Å². The number of piperidine rings is 1. The van der Waals surface area contributed by atoms with Crippen molar-refractivity contribution in [3.8, 4) is 0 Å². The van der Waals surface area contributed by atoms with E-state index in [0.29, 0.717) is 18.9 Å². The van der Waals surface area contributed by atoms with Gasteiger partial charge in [0.1, 0.15) is 0 Å². The topological polar surface area (TPSA) is 71.0 Å². The Labute approximate surface area is 157 Å². The summed E-state index contributed by atoms with van der Waals surface area (Å²) in [5.74, 6) is 0.785. The lowest BCUT2D eigenvalue weighted by Crippen LogP contribution is -2.39. The molecule has 0 unspecified atom stereocenters. The van der Waals surface area contributed by atoms with Crippen LogP contribution in [0.5, 0.6) is 0 Å². The SMILES string of the molecule is O=C(CCn1cnc2ccccc21)N1CCC(Cc2ccc(=O)[nH]c2)CC1. The number of carbonyl (C=O) groups is 1. The molecule has 0 spiro atoms. The minimum Gasteiger partial charge on any atom is -0.343 e. The highest BCUT2D eigenvalue weighted by atomic mass is 16.2. The van der Waals surface area contributed by atoms with Crippen molar-refractivity contribution in [1.29, 1.82) is 0 Å². The fraction of sp³-hybridized carbons (Fsp3) is 0.381. The number of aromatic nitrogens is 3. The molecule has 1 aliphatic heterocycles. The molecule has 6 heteroatoms. The molecule has 27 heavy (non-hydrogen) atoms. The zero-order chi connectivity index (χ0) is 18.6. The third-order valence-electron chi connectivity index (χ3n) is 5.43. The standard InChI is InChI=1S/C21H24N4O2/c26-20-6-5-17(14-22-20)13-16-7-10-24(11-8-16)21(27)9-12-25-15-23-18-3-1-2-4-19(18)25/h1-6,14-16H,7-13H2,(H,22,26). The number of fused-ring (bicyclic) bond motifs is 1. The van der Waals surface area contributed by atoms with Crippen molar-refractivity contribution in [3.63, 3.8) is 0 Å². The summed E-state index contributed by atoms with van der Waals surface area (Å²) in [6.45, 7) is 2.30. The summed E-state index contributed by atoms with van der Waals surface area (Å²) in [6, 6.07) is 11.5. The number of nitrogens with zero attached hydrogens (tertiary/aromatic N) is 3. The van der Waals surface area contributed by atoms with Crippen LogP contribution in [-0.4, -0.2) is 38.4 Å². The highest BCUT2D eigenvalue weighted by Crippen LogP contribution is 2.22. The zero-order valence-electron chi connectivity index (χ0n) is 15.3. The van der Waals surface area contributed by atoms with Gasteiger partial charge in [0.05, 0.1) is 17.4 Å². The van der Waals surface area contributed by atoms with E-state index in [1.165, 1.54) is 0 Å². The van der Waals surface area contributed by atoms with Crippen LogP contribution in [0, 0.1) is 5.92 Å². The number of hydrogen-bond acceptors (Lipinski definition) is 3. The number of imidazole rings is 1. The molecule has 0 radical (unpaired) electrons. The van der Waals surface area contributed by atoms with Gasteiger partial charge < -0.3 is 14.5 Å². The van der Waals surface area contributed by atoms with E-state index >= 15 is 0 Å². The minimum absolute atomic E-state index is 0.0650. The predicted molar refractivity (Wildman–Crippen MR) is 104 cm³/mol. The Morgan fingerprint density at radius 3 is 2.74 bits per heavy atom. The smallest absolute Gasteiger partial charge is 0.247 e. The summed E-state index contributed by atoms with van der Waals surface area (Å²) in [7, 11) is 0. The highest BCUT2D eigenvalue weighted by molar-refractivity contribution is 5.77. The number of likely N-dealkylation sites (tertiary alicyclic amines) is 1. The van der Waals surface area contributed by atoms with Crippen molar-refractivity contribution in [1.82, 2.24) is 19.4 Å². The minimum atomic E-state index is -0.0650. The normalized spacial score (nSPS) is 15.3. The molecule has 4 rings (SSSR count). The van der Waals surface area contributed by atoms with E-state index in [-0.39, 0.29) is 11.5 Å². The second-order valence-corrected chi connectivity index (χ2v) is 7.27. The maximum Gasteiger partial charge on any atom is 0.247 e. The van der Waals surface area contributed by atoms with Gasteiger partial charge in [0.15, 0.2) is 0 Å². The van der Waals surface area contributed by atoms with Crippen LogP contribution in [0.2, 0.25) is 0 Å². The van der Waals surface area contributed by atoms with E-state index < -0.39 is 0 Å². The summed E-state index contributed by atoms with van der Waals surface area (Å²) < 4.78 is 2.05. The second kappa shape index (κ2) is 7.78. The van der Waals surface area contributed by atoms with E-state index in [2.05, 4.69) is 14.5 Å². The van der Waals surface area contributed by atoms with E-state index in [1.807, 2.05) is 41.6 Å². The monoisotopic (exact) mass is 364 g/mol. The average molecular weight is 364 g/mol. The van der Waals surface area contributed by atoms with E-state index in [4.69, 9.17) is 0 Å². The largest absolute Gasteiger partial charge is 0.343 e. The number of H-pyrrole nitrogens is 1. The maximum atomic E-state index is 12.6. The summed E-state index contributed by atoms with van der Waals surface area (Å²) in [5.41, 5.74) is 3.13. The molecule has 1 N–H and O–H groups in total. The molecule has 2 aromatic heterocycles. The Balaban J connectivity index is 1.27. The van der Waals surface area contributed by atoms with Crippen LogP contribution in [0.15, 0.2) is 53.7 Å².